The van der Waals surface area contributed by atoms with E-state index in [1.54, 1.807) is 16.7 Å². The molecule has 8 heteroatoms. The highest BCUT2D eigenvalue weighted by atomic mass is 16.6. The summed E-state index contributed by atoms with van der Waals surface area (Å²) in [5.41, 5.74) is 6.67. The van der Waals surface area contributed by atoms with E-state index in [9.17, 15) is 14.9 Å². The van der Waals surface area contributed by atoms with E-state index in [1.807, 2.05) is 0 Å². The summed E-state index contributed by atoms with van der Waals surface area (Å²) in [6.07, 6.45) is 1.42. The third-order valence-corrected chi connectivity index (χ3v) is 2.76. The van der Waals surface area contributed by atoms with Crippen molar-refractivity contribution in [2.45, 2.75) is 6.54 Å². The van der Waals surface area contributed by atoms with E-state index in [0.717, 1.165) is 5.56 Å². The predicted octanol–water partition coefficient (Wildman–Crippen LogP) is 1.21. The molecule has 0 aliphatic carbocycles. The Hall–Kier alpha value is -2.90. The second-order valence-corrected chi connectivity index (χ2v) is 4.02. The number of nitro groups is 1. The van der Waals surface area contributed by atoms with Crippen LogP contribution in [0.25, 0.3) is 0 Å². The van der Waals surface area contributed by atoms with Gasteiger partial charge in [-0.3, -0.25) is 10.1 Å². The number of benzene rings is 1. The van der Waals surface area contributed by atoms with Crippen molar-refractivity contribution in [1.29, 1.82) is 0 Å². The minimum atomic E-state index is -0.607. The van der Waals surface area contributed by atoms with Gasteiger partial charge in [0.05, 0.1) is 24.9 Å². The summed E-state index contributed by atoms with van der Waals surface area (Å²) in [6.45, 7) is 0.355. The fraction of sp³-hybridized carbons (Fsp3) is 0.167. The largest absolute Gasteiger partial charge is 0.464 e. The van der Waals surface area contributed by atoms with Crippen LogP contribution in [0.2, 0.25) is 0 Å². The van der Waals surface area contributed by atoms with E-state index < -0.39 is 10.9 Å². The van der Waals surface area contributed by atoms with Crippen LogP contribution in [0.5, 0.6) is 0 Å². The van der Waals surface area contributed by atoms with Gasteiger partial charge in [0.15, 0.2) is 5.69 Å². The van der Waals surface area contributed by atoms with E-state index >= 15 is 0 Å². The van der Waals surface area contributed by atoms with Gasteiger partial charge in [0.1, 0.15) is 5.82 Å². The summed E-state index contributed by atoms with van der Waals surface area (Å²) >= 11 is 0. The van der Waals surface area contributed by atoms with E-state index in [-0.39, 0.29) is 17.2 Å². The van der Waals surface area contributed by atoms with Crippen molar-refractivity contribution in [3.63, 3.8) is 0 Å². The lowest BCUT2D eigenvalue weighted by atomic mass is 10.2. The maximum atomic E-state index is 11.4. The number of hydrogen-bond donors (Lipinski definition) is 1. The minimum absolute atomic E-state index is 0.0163. The molecule has 0 saturated heterocycles. The summed E-state index contributed by atoms with van der Waals surface area (Å²) in [5, 5.41) is 10.6. The number of carbonyl (C=O) groups is 1. The lowest BCUT2D eigenvalue weighted by molar-refractivity contribution is -0.384. The topological polar surface area (TPSA) is 113 Å². The maximum Gasteiger partial charge on any atom is 0.360 e. The molecule has 1 aromatic heterocycles. The Morgan fingerprint density at radius 2 is 2.10 bits per heavy atom. The molecule has 0 saturated carbocycles. The van der Waals surface area contributed by atoms with Gasteiger partial charge in [-0.2, -0.15) is 0 Å². The van der Waals surface area contributed by atoms with Gasteiger partial charge in [-0.05, 0) is 5.56 Å². The summed E-state index contributed by atoms with van der Waals surface area (Å²) in [4.78, 5) is 25.3. The molecule has 0 aliphatic rings. The van der Waals surface area contributed by atoms with Crippen LogP contribution >= 0.6 is 0 Å². The van der Waals surface area contributed by atoms with Crippen molar-refractivity contribution in [1.82, 2.24) is 9.55 Å². The van der Waals surface area contributed by atoms with Crippen molar-refractivity contribution < 1.29 is 14.5 Å². The number of anilines is 1. The minimum Gasteiger partial charge on any atom is -0.464 e. The highest BCUT2D eigenvalue weighted by Gasteiger charge is 2.16. The molecule has 0 spiro atoms. The number of nitrogens with zero attached hydrogens (tertiary/aromatic N) is 3. The summed E-state index contributed by atoms with van der Waals surface area (Å²) in [6, 6.07) is 6.05. The van der Waals surface area contributed by atoms with Crippen LogP contribution in [0.15, 0.2) is 30.6 Å². The highest BCUT2D eigenvalue weighted by Crippen LogP contribution is 2.16. The number of ether oxygens (including phenoxy) is 1. The SMILES string of the molecule is COC(=O)c1ncn(Cc2ccc([N+](=O)[O-])cc2)c1N. The molecule has 2 N–H and O–H groups in total. The Kier molecular flexibility index (Phi) is 3.65. The molecule has 0 atom stereocenters. The number of imidazole rings is 1. The number of nitro benzene ring substituents is 1. The lowest BCUT2D eigenvalue weighted by Crippen LogP contribution is -2.08. The van der Waals surface area contributed by atoms with Gasteiger partial charge in [-0.15, -0.1) is 0 Å². The number of rotatable bonds is 4. The molecule has 2 aromatic rings. The normalized spacial score (nSPS) is 10.2. The number of nitrogens with two attached hydrogens (primary N) is 1. The number of hydrogen-bond acceptors (Lipinski definition) is 6. The van der Waals surface area contributed by atoms with Gasteiger partial charge in [-0.1, -0.05) is 12.1 Å². The van der Waals surface area contributed by atoms with Gasteiger partial charge in [0.25, 0.3) is 5.69 Å². The summed E-state index contributed by atoms with van der Waals surface area (Å²) in [5.74, 6) is -0.417. The first-order valence-corrected chi connectivity index (χ1v) is 5.65. The molecule has 0 aliphatic heterocycles. The van der Waals surface area contributed by atoms with Crippen LogP contribution in [-0.2, 0) is 11.3 Å². The molecule has 0 bridgehead atoms. The summed E-state index contributed by atoms with van der Waals surface area (Å²) < 4.78 is 6.12. The molecule has 0 fully saturated rings. The smallest absolute Gasteiger partial charge is 0.360 e. The van der Waals surface area contributed by atoms with E-state index in [1.165, 1.54) is 25.6 Å². The number of aromatic nitrogens is 2. The Balaban J connectivity index is 2.20. The van der Waals surface area contributed by atoms with E-state index in [0.29, 0.717) is 6.54 Å². The number of non-ortho nitro benzene ring substituents is 1. The van der Waals surface area contributed by atoms with Gasteiger partial charge < -0.3 is 15.0 Å². The predicted molar refractivity (Wildman–Crippen MR) is 70.2 cm³/mol. The third-order valence-electron chi connectivity index (χ3n) is 2.76. The van der Waals surface area contributed by atoms with Crippen molar-refractivity contribution in [3.05, 3.63) is 52.0 Å². The quantitative estimate of drug-likeness (QED) is 0.510. The van der Waals surface area contributed by atoms with Crippen molar-refractivity contribution >= 4 is 17.5 Å². The molecular weight excluding hydrogens is 264 g/mol. The number of esters is 1. The molecule has 2 rings (SSSR count). The maximum absolute atomic E-state index is 11.4. The lowest BCUT2D eigenvalue weighted by Gasteiger charge is -2.05. The van der Waals surface area contributed by atoms with E-state index in [4.69, 9.17) is 5.73 Å². The molecule has 8 nitrogen and oxygen atoms in total. The molecule has 0 amide bonds. The van der Waals surface area contributed by atoms with Crippen molar-refractivity contribution in [2.24, 2.45) is 0 Å². The average Bonchev–Trinajstić information content (AvgIpc) is 2.80. The van der Waals surface area contributed by atoms with Crippen molar-refractivity contribution in [3.8, 4) is 0 Å². The zero-order chi connectivity index (χ0) is 14.7. The third kappa shape index (κ3) is 2.58. The molecule has 1 aromatic carbocycles. The van der Waals surface area contributed by atoms with Crippen LogP contribution in [0.1, 0.15) is 16.1 Å². The second-order valence-electron chi connectivity index (χ2n) is 4.02. The fourth-order valence-corrected chi connectivity index (χ4v) is 1.69. The Morgan fingerprint density at radius 1 is 1.45 bits per heavy atom. The average molecular weight is 276 g/mol. The van der Waals surface area contributed by atoms with E-state index in [2.05, 4.69) is 9.72 Å². The zero-order valence-corrected chi connectivity index (χ0v) is 10.6. The molecule has 104 valence electrons. The van der Waals surface area contributed by atoms with Gasteiger partial charge in [-0.25, -0.2) is 9.78 Å². The highest BCUT2D eigenvalue weighted by molar-refractivity contribution is 5.92. The van der Waals surface area contributed by atoms with Crippen LogP contribution in [0.4, 0.5) is 11.5 Å². The number of nitrogen functional groups attached to an aromatic ring is 1. The van der Waals surface area contributed by atoms with Crippen LogP contribution < -0.4 is 5.73 Å². The zero-order valence-electron chi connectivity index (χ0n) is 10.6. The Labute approximate surface area is 113 Å². The number of carbonyl (C=O) groups excluding carboxylic acids is 1. The van der Waals surface area contributed by atoms with Gasteiger partial charge >= 0.3 is 5.97 Å². The first-order valence-electron chi connectivity index (χ1n) is 5.65. The van der Waals surface area contributed by atoms with Crippen molar-refractivity contribution in [2.75, 3.05) is 12.8 Å². The first-order chi connectivity index (χ1) is 9.52. The fourth-order valence-electron chi connectivity index (χ4n) is 1.69. The number of methoxy groups -OCH3 is 1. The Bertz CT molecular complexity index is 648. The van der Waals surface area contributed by atoms with Crippen LogP contribution in [0.3, 0.4) is 0 Å². The first kappa shape index (κ1) is 13.5. The van der Waals surface area contributed by atoms with Crippen LogP contribution in [0, 0.1) is 10.1 Å². The summed E-state index contributed by atoms with van der Waals surface area (Å²) in [7, 11) is 1.25. The molecule has 20 heavy (non-hydrogen) atoms. The monoisotopic (exact) mass is 276 g/mol. The van der Waals surface area contributed by atoms with Gasteiger partial charge in [0.2, 0.25) is 0 Å². The molecule has 1 heterocycles. The Morgan fingerprint density at radius 3 is 2.65 bits per heavy atom. The molecule has 0 radical (unpaired) electrons. The second kappa shape index (κ2) is 5.39. The van der Waals surface area contributed by atoms with Crippen LogP contribution in [-0.4, -0.2) is 27.6 Å². The molecule has 0 unspecified atom stereocenters. The van der Waals surface area contributed by atoms with Gasteiger partial charge in [0, 0.05) is 12.1 Å². The molecular formula is C12H12N4O4. The standard InChI is InChI=1S/C12H12N4O4/c1-20-12(17)10-11(13)15(7-14-10)6-8-2-4-9(5-3-8)16(18)19/h2-5,7H,6,13H2,1H3.